The van der Waals surface area contributed by atoms with E-state index in [4.69, 9.17) is 10.5 Å². The summed E-state index contributed by atoms with van der Waals surface area (Å²) in [5.74, 6) is -0.207. The van der Waals surface area contributed by atoms with Crippen LogP contribution in [0.5, 0.6) is 5.75 Å². The zero-order valence-corrected chi connectivity index (χ0v) is 12.6. The number of methoxy groups -OCH3 is 1. The van der Waals surface area contributed by atoms with Gasteiger partial charge >= 0.3 is 5.69 Å². The molecule has 0 aliphatic heterocycles. The highest BCUT2D eigenvalue weighted by Gasteiger charge is 2.29. The van der Waals surface area contributed by atoms with Crippen molar-refractivity contribution >= 4 is 11.6 Å². The molecule has 7 heteroatoms. The fourth-order valence-corrected chi connectivity index (χ4v) is 2.95. The van der Waals surface area contributed by atoms with Gasteiger partial charge in [0, 0.05) is 18.7 Å². The van der Waals surface area contributed by atoms with Gasteiger partial charge in [0.05, 0.1) is 18.0 Å². The Bertz CT molecular complexity index is 562. The van der Waals surface area contributed by atoms with Crippen LogP contribution in [0.2, 0.25) is 0 Å². The highest BCUT2D eigenvalue weighted by molar-refractivity contribution is 5.77. The van der Waals surface area contributed by atoms with Crippen molar-refractivity contribution < 1.29 is 14.5 Å². The van der Waals surface area contributed by atoms with E-state index in [0.29, 0.717) is 6.54 Å². The van der Waals surface area contributed by atoms with Crippen LogP contribution in [-0.2, 0) is 11.3 Å². The largest absolute Gasteiger partial charge is 0.490 e. The minimum Gasteiger partial charge on any atom is -0.490 e. The second-order valence-corrected chi connectivity index (χ2v) is 5.54. The smallest absolute Gasteiger partial charge is 0.311 e. The normalized spacial score (nSPS) is 21.3. The molecule has 7 nitrogen and oxygen atoms in total. The molecule has 0 heterocycles. The SMILES string of the molecule is COc1ccc(CNC2CCCCC2C(N)=O)cc1[N+](=O)[O-]. The number of carbonyl (C=O) groups excluding carboxylic acids is 1. The Hall–Kier alpha value is -2.15. The van der Waals surface area contributed by atoms with E-state index in [1.807, 2.05) is 0 Å². The number of nitrogens with one attached hydrogen (secondary N) is 1. The molecule has 1 saturated carbocycles. The molecule has 22 heavy (non-hydrogen) atoms. The number of primary amides is 1. The Kier molecular flexibility index (Phi) is 5.32. The lowest BCUT2D eigenvalue weighted by Gasteiger charge is -2.30. The summed E-state index contributed by atoms with van der Waals surface area (Å²) in [5, 5.41) is 14.3. The predicted octanol–water partition coefficient (Wildman–Crippen LogP) is 1.74. The van der Waals surface area contributed by atoms with E-state index in [2.05, 4.69) is 5.32 Å². The molecular weight excluding hydrogens is 286 g/mol. The van der Waals surface area contributed by atoms with Crippen LogP contribution in [0.15, 0.2) is 18.2 Å². The lowest BCUT2D eigenvalue weighted by molar-refractivity contribution is -0.385. The van der Waals surface area contributed by atoms with Crippen molar-refractivity contribution in [2.75, 3.05) is 7.11 Å². The van der Waals surface area contributed by atoms with Gasteiger partial charge in [-0.25, -0.2) is 0 Å². The van der Waals surface area contributed by atoms with Gasteiger partial charge in [-0.15, -0.1) is 0 Å². The van der Waals surface area contributed by atoms with Crippen molar-refractivity contribution in [1.29, 1.82) is 0 Å². The van der Waals surface area contributed by atoms with Gasteiger partial charge in [0.1, 0.15) is 0 Å². The summed E-state index contributed by atoms with van der Waals surface area (Å²) >= 11 is 0. The van der Waals surface area contributed by atoms with Crippen molar-refractivity contribution in [3.63, 3.8) is 0 Å². The first-order valence-electron chi connectivity index (χ1n) is 7.37. The quantitative estimate of drug-likeness (QED) is 0.615. The minimum absolute atomic E-state index is 0.0346. The molecule has 0 saturated heterocycles. The fraction of sp³-hybridized carbons (Fsp3) is 0.533. The van der Waals surface area contributed by atoms with Crippen LogP contribution in [0.25, 0.3) is 0 Å². The first kappa shape index (κ1) is 16.2. The number of hydrogen-bond donors (Lipinski definition) is 2. The van der Waals surface area contributed by atoms with Gasteiger partial charge in [-0.1, -0.05) is 18.9 Å². The molecule has 0 aromatic heterocycles. The Morgan fingerprint density at radius 1 is 1.45 bits per heavy atom. The summed E-state index contributed by atoms with van der Waals surface area (Å²) in [6.45, 7) is 0.458. The second kappa shape index (κ2) is 7.22. The predicted molar refractivity (Wildman–Crippen MR) is 81.4 cm³/mol. The van der Waals surface area contributed by atoms with E-state index in [1.54, 1.807) is 12.1 Å². The van der Waals surface area contributed by atoms with E-state index in [0.717, 1.165) is 31.2 Å². The van der Waals surface area contributed by atoms with Crippen LogP contribution >= 0.6 is 0 Å². The summed E-state index contributed by atoms with van der Waals surface area (Å²) in [6, 6.07) is 4.89. The number of benzene rings is 1. The van der Waals surface area contributed by atoms with Crippen LogP contribution in [0.3, 0.4) is 0 Å². The Morgan fingerprint density at radius 2 is 2.18 bits per heavy atom. The van der Waals surface area contributed by atoms with Gasteiger partial charge in [0.2, 0.25) is 5.91 Å². The van der Waals surface area contributed by atoms with Crippen LogP contribution in [0.4, 0.5) is 5.69 Å². The summed E-state index contributed by atoms with van der Waals surface area (Å²) in [7, 11) is 1.40. The summed E-state index contributed by atoms with van der Waals surface area (Å²) < 4.78 is 4.98. The Labute approximate surface area is 129 Å². The number of nitrogens with zero attached hydrogens (tertiary/aromatic N) is 1. The third-order valence-electron chi connectivity index (χ3n) is 4.14. The number of hydrogen-bond acceptors (Lipinski definition) is 5. The number of amides is 1. The number of carbonyl (C=O) groups is 1. The van der Waals surface area contributed by atoms with Crippen LogP contribution in [-0.4, -0.2) is 24.0 Å². The minimum atomic E-state index is -0.463. The molecule has 120 valence electrons. The van der Waals surface area contributed by atoms with E-state index in [9.17, 15) is 14.9 Å². The van der Waals surface area contributed by atoms with E-state index in [1.165, 1.54) is 13.2 Å². The summed E-state index contributed by atoms with van der Waals surface area (Å²) in [5.41, 5.74) is 6.16. The lowest BCUT2D eigenvalue weighted by atomic mass is 9.84. The van der Waals surface area contributed by atoms with E-state index >= 15 is 0 Å². The van der Waals surface area contributed by atoms with E-state index in [-0.39, 0.29) is 29.3 Å². The van der Waals surface area contributed by atoms with Crippen molar-refractivity contribution in [3.05, 3.63) is 33.9 Å². The first-order valence-corrected chi connectivity index (χ1v) is 7.37. The van der Waals surface area contributed by atoms with Crippen molar-refractivity contribution in [1.82, 2.24) is 5.32 Å². The number of nitro benzene ring substituents is 1. The maximum Gasteiger partial charge on any atom is 0.311 e. The molecule has 2 atom stereocenters. The third kappa shape index (κ3) is 3.73. The molecule has 1 aromatic rings. The molecule has 1 aliphatic carbocycles. The highest BCUT2D eigenvalue weighted by Crippen LogP contribution is 2.28. The molecule has 2 rings (SSSR count). The molecule has 3 N–H and O–H groups in total. The summed E-state index contributed by atoms with van der Waals surface area (Å²) in [4.78, 5) is 22.0. The van der Waals surface area contributed by atoms with Gasteiger partial charge in [-0.3, -0.25) is 14.9 Å². The monoisotopic (exact) mass is 307 g/mol. The van der Waals surface area contributed by atoms with Crippen LogP contribution < -0.4 is 15.8 Å². The molecular formula is C15H21N3O4. The van der Waals surface area contributed by atoms with Crippen molar-refractivity contribution in [3.8, 4) is 5.75 Å². The van der Waals surface area contributed by atoms with Gasteiger partial charge in [-0.2, -0.15) is 0 Å². The maximum atomic E-state index is 11.5. The fourth-order valence-electron chi connectivity index (χ4n) is 2.95. The molecule has 1 aromatic carbocycles. The highest BCUT2D eigenvalue weighted by atomic mass is 16.6. The van der Waals surface area contributed by atoms with Gasteiger partial charge in [-0.05, 0) is 24.5 Å². The van der Waals surface area contributed by atoms with Gasteiger partial charge in [0.15, 0.2) is 5.75 Å². The number of ether oxygens (including phenoxy) is 1. The molecule has 2 unspecified atom stereocenters. The molecule has 1 aliphatic rings. The maximum absolute atomic E-state index is 11.5. The molecule has 1 amide bonds. The van der Waals surface area contributed by atoms with Crippen LogP contribution in [0, 0.1) is 16.0 Å². The van der Waals surface area contributed by atoms with E-state index < -0.39 is 4.92 Å². The summed E-state index contributed by atoms with van der Waals surface area (Å²) in [6.07, 6.45) is 3.77. The van der Waals surface area contributed by atoms with Gasteiger partial charge < -0.3 is 15.8 Å². The second-order valence-electron chi connectivity index (χ2n) is 5.54. The standard InChI is InChI=1S/C15H21N3O4/c1-22-14-7-6-10(8-13(14)18(20)21)9-17-12-5-3-2-4-11(12)15(16)19/h6-8,11-12,17H,2-5,9H2,1H3,(H2,16,19). The number of nitro groups is 1. The zero-order valence-electron chi connectivity index (χ0n) is 12.6. The van der Waals surface area contributed by atoms with Gasteiger partial charge in [0.25, 0.3) is 0 Å². The molecule has 0 spiro atoms. The molecule has 0 bridgehead atoms. The van der Waals surface area contributed by atoms with Crippen molar-refractivity contribution in [2.45, 2.75) is 38.3 Å². The van der Waals surface area contributed by atoms with Crippen LogP contribution in [0.1, 0.15) is 31.2 Å². The topological polar surface area (TPSA) is 107 Å². The Morgan fingerprint density at radius 3 is 2.82 bits per heavy atom. The zero-order chi connectivity index (χ0) is 16.1. The number of rotatable bonds is 6. The van der Waals surface area contributed by atoms with Crippen molar-refractivity contribution in [2.24, 2.45) is 11.7 Å². The first-order chi connectivity index (χ1) is 10.5. The Balaban J connectivity index is 2.06. The molecule has 1 fully saturated rings. The number of nitrogens with two attached hydrogens (primary N) is 1. The molecule has 0 radical (unpaired) electrons. The average molecular weight is 307 g/mol. The third-order valence-corrected chi connectivity index (χ3v) is 4.14. The lowest BCUT2D eigenvalue weighted by Crippen LogP contribution is -2.44. The average Bonchev–Trinajstić information content (AvgIpc) is 2.52.